The van der Waals surface area contributed by atoms with Crippen molar-refractivity contribution in [3.63, 3.8) is 0 Å². The average molecular weight is 334 g/mol. The van der Waals surface area contributed by atoms with Crippen molar-refractivity contribution in [1.29, 1.82) is 0 Å². The van der Waals surface area contributed by atoms with Gasteiger partial charge in [0.25, 0.3) is 0 Å². The number of pyridine rings is 1. The van der Waals surface area contributed by atoms with E-state index in [2.05, 4.69) is 25.7 Å². The van der Waals surface area contributed by atoms with Crippen LogP contribution in [-0.4, -0.2) is 22.4 Å². The van der Waals surface area contributed by atoms with Gasteiger partial charge < -0.3 is 9.84 Å². The molecule has 1 aromatic heterocycles. The molecule has 0 saturated carbocycles. The van der Waals surface area contributed by atoms with Crippen LogP contribution in [0.3, 0.4) is 0 Å². The maximum absolute atomic E-state index is 12.0. The lowest BCUT2D eigenvalue weighted by Crippen LogP contribution is -2.18. The lowest BCUT2D eigenvalue weighted by Gasteiger charge is -2.13. The normalized spacial score (nSPS) is 11.4. The molecular weight excluding hydrogens is 330 g/mol. The number of ether oxygens (including phenoxy) is 1. The molecule has 0 amide bonds. The molecule has 9 heteroatoms. The van der Waals surface area contributed by atoms with Crippen molar-refractivity contribution in [3.8, 4) is 5.75 Å². The van der Waals surface area contributed by atoms with Crippen LogP contribution in [0, 0.1) is 0 Å². The van der Waals surface area contributed by atoms with Gasteiger partial charge in [0.1, 0.15) is 0 Å². The minimum absolute atomic E-state index is 0.0288. The van der Waals surface area contributed by atoms with Crippen molar-refractivity contribution in [2.45, 2.75) is 12.8 Å². The largest absolute Gasteiger partial charge is 0.573 e. The summed E-state index contributed by atoms with van der Waals surface area (Å²) in [5.74, 6) is -1.97. The first kappa shape index (κ1) is 14.0. The summed E-state index contributed by atoms with van der Waals surface area (Å²) in [5, 5.41) is 8.03. The molecular formula is C8H4BrClF3NO3. The van der Waals surface area contributed by atoms with Gasteiger partial charge in [0, 0.05) is 6.20 Å². The number of carbonyl (C=O) groups is 1. The lowest BCUT2D eigenvalue weighted by atomic mass is 10.2. The summed E-state index contributed by atoms with van der Waals surface area (Å²) in [6.45, 7) is 0. The van der Waals surface area contributed by atoms with Crippen molar-refractivity contribution in [2.75, 3.05) is 0 Å². The monoisotopic (exact) mass is 333 g/mol. The molecule has 94 valence electrons. The highest BCUT2D eigenvalue weighted by atomic mass is 79.9. The van der Waals surface area contributed by atoms with Crippen LogP contribution in [0.1, 0.15) is 5.56 Å². The number of aliphatic carboxylic acids is 1. The van der Waals surface area contributed by atoms with E-state index in [1.807, 2.05) is 0 Å². The summed E-state index contributed by atoms with van der Waals surface area (Å²) in [5.41, 5.74) is 0.0288. The smallest absolute Gasteiger partial charge is 0.481 e. The van der Waals surface area contributed by atoms with E-state index < -0.39 is 29.7 Å². The van der Waals surface area contributed by atoms with Gasteiger partial charge >= 0.3 is 12.3 Å². The molecule has 0 aliphatic heterocycles. The van der Waals surface area contributed by atoms with E-state index >= 15 is 0 Å². The molecule has 0 saturated heterocycles. The highest BCUT2D eigenvalue weighted by molar-refractivity contribution is 9.10. The lowest BCUT2D eigenvalue weighted by molar-refractivity contribution is -0.275. The Hall–Kier alpha value is -1.02. The molecule has 0 radical (unpaired) electrons. The Balaban J connectivity index is 3.15. The molecule has 0 fully saturated rings. The van der Waals surface area contributed by atoms with E-state index in [1.54, 1.807) is 0 Å². The Labute approximate surface area is 106 Å². The topological polar surface area (TPSA) is 59.4 Å². The zero-order valence-electron chi connectivity index (χ0n) is 7.89. The highest BCUT2D eigenvalue weighted by Crippen LogP contribution is 2.37. The third-order valence-electron chi connectivity index (χ3n) is 1.56. The first-order valence-electron chi connectivity index (χ1n) is 4.01. The molecule has 1 aromatic rings. The Morgan fingerprint density at radius 2 is 2.18 bits per heavy atom. The molecule has 1 rings (SSSR count). The van der Waals surface area contributed by atoms with E-state index in [9.17, 15) is 18.0 Å². The maximum Gasteiger partial charge on any atom is 0.573 e. The Morgan fingerprint density at radius 3 is 2.65 bits per heavy atom. The third kappa shape index (κ3) is 4.04. The van der Waals surface area contributed by atoms with Gasteiger partial charge in [-0.15, -0.1) is 13.2 Å². The SMILES string of the molecule is O=C(O)Cc1cnc(Cl)c(OC(F)(F)F)c1Br. The van der Waals surface area contributed by atoms with E-state index in [4.69, 9.17) is 16.7 Å². The fraction of sp³-hybridized carbons (Fsp3) is 0.250. The molecule has 1 heterocycles. The van der Waals surface area contributed by atoms with Gasteiger partial charge in [-0.3, -0.25) is 4.79 Å². The summed E-state index contributed by atoms with van der Waals surface area (Å²) < 4.78 is 39.6. The fourth-order valence-corrected chi connectivity index (χ4v) is 1.78. The molecule has 17 heavy (non-hydrogen) atoms. The van der Waals surface area contributed by atoms with Crippen molar-refractivity contribution in [3.05, 3.63) is 21.4 Å². The van der Waals surface area contributed by atoms with Crippen LogP contribution < -0.4 is 4.74 Å². The predicted octanol–water partition coefficient (Wildman–Crippen LogP) is 3.02. The van der Waals surface area contributed by atoms with Crippen LogP contribution in [0.25, 0.3) is 0 Å². The molecule has 0 aliphatic carbocycles. The summed E-state index contributed by atoms with van der Waals surface area (Å²) in [7, 11) is 0. The molecule has 0 atom stereocenters. The highest BCUT2D eigenvalue weighted by Gasteiger charge is 2.34. The van der Waals surface area contributed by atoms with Gasteiger partial charge in [-0.2, -0.15) is 0 Å². The van der Waals surface area contributed by atoms with E-state index in [1.165, 1.54) is 0 Å². The standard InChI is InChI=1S/C8H4BrClF3NO3/c9-5-3(1-4(15)16)2-14-7(10)6(5)17-8(11,12)13/h2H,1H2,(H,15,16). The molecule has 1 N–H and O–H groups in total. The second-order valence-electron chi connectivity index (χ2n) is 2.84. The fourth-order valence-electron chi connectivity index (χ4n) is 0.975. The van der Waals surface area contributed by atoms with Gasteiger partial charge in [-0.1, -0.05) is 11.6 Å². The van der Waals surface area contributed by atoms with Gasteiger partial charge in [0.15, 0.2) is 10.9 Å². The number of alkyl halides is 3. The van der Waals surface area contributed by atoms with Crippen molar-refractivity contribution < 1.29 is 27.8 Å². The first-order chi connectivity index (χ1) is 7.70. The number of carboxylic acids is 1. The minimum Gasteiger partial charge on any atom is -0.481 e. The second kappa shape index (κ2) is 5.09. The van der Waals surface area contributed by atoms with Crippen LogP contribution in [0.15, 0.2) is 10.7 Å². The molecule has 0 bridgehead atoms. The zero-order valence-corrected chi connectivity index (χ0v) is 10.2. The summed E-state index contributed by atoms with van der Waals surface area (Å²) in [4.78, 5) is 13.9. The summed E-state index contributed by atoms with van der Waals surface area (Å²) >= 11 is 8.23. The number of aromatic nitrogens is 1. The summed E-state index contributed by atoms with van der Waals surface area (Å²) in [6.07, 6.45) is -4.38. The van der Waals surface area contributed by atoms with Crippen LogP contribution in [0.4, 0.5) is 13.2 Å². The number of carboxylic acid groups (broad SMARTS) is 1. The number of halogens is 5. The quantitative estimate of drug-likeness (QED) is 0.863. The maximum atomic E-state index is 12.0. The van der Waals surface area contributed by atoms with Gasteiger partial charge in [-0.25, -0.2) is 4.98 Å². The molecule has 4 nitrogen and oxygen atoms in total. The van der Waals surface area contributed by atoms with E-state index in [0.29, 0.717) is 0 Å². The van der Waals surface area contributed by atoms with E-state index in [0.717, 1.165) is 6.20 Å². The van der Waals surface area contributed by atoms with Gasteiger partial charge in [0.05, 0.1) is 10.9 Å². The molecule has 0 aromatic carbocycles. The van der Waals surface area contributed by atoms with Crippen molar-refractivity contribution in [1.82, 2.24) is 4.98 Å². The second-order valence-corrected chi connectivity index (χ2v) is 3.99. The third-order valence-corrected chi connectivity index (χ3v) is 2.70. The average Bonchev–Trinajstić information content (AvgIpc) is 2.15. The number of hydrogen-bond donors (Lipinski definition) is 1. The predicted molar refractivity (Wildman–Crippen MR) is 55.0 cm³/mol. The van der Waals surface area contributed by atoms with Crippen molar-refractivity contribution in [2.24, 2.45) is 0 Å². The first-order valence-corrected chi connectivity index (χ1v) is 5.18. The Kier molecular flexibility index (Phi) is 4.21. The van der Waals surface area contributed by atoms with Gasteiger partial charge in [0.2, 0.25) is 0 Å². The van der Waals surface area contributed by atoms with Gasteiger partial charge in [-0.05, 0) is 21.5 Å². The van der Waals surface area contributed by atoms with Crippen LogP contribution in [-0.2, 0) is 11.2 Å². The van der Waals surface area contributed by atoms with Crippen LogP contribution in [0.2, 0.25) is 5.15 Å². The Morgan fingerprint density at radius 1 is 1.59 bits per heavy atom. The molecule has 0 aliphatic rings. The van der Waals surface area contributed by atoms with Crippen LogP contribution >= 0.6 is 27.5 Å². The number of nitrogens with zero attached hydrogens (tertiary/aromatic N) is 1. The molecule has 0 unspecified atom stereocenters. The minimum atomic E-state index is -4.93. The zero-order chi connectivity index (χ0) is 13.2. The number of rotatable bonds is 3. The van der Waals surface area contributed by atoms with E-state index in [-0.39, 0.29) is 10.0 Å². The Bertz CT molecular complexity index is 452. The number of hydrogen-bond acceptors (Lipinski definition) is 3. The van der Waals surface area contributed by atoms with Crippen LogP contribution in [0.5, 0.6) is 5.75 Å². The summed E-state index contributed by atoms with van der Waals surface area (Å²) in [6, 6.07) is 0. The van der Waals surface area contributed by atoms with Crippen molar-refractivity contribution >= 4 is 33.5 Å². The molecule has 0 spiro atoms.